The average Bonchev–Trinajstić information content (AvgIpc) is 2.68. The fourth-order valence-corrected chi connectivity index (χ4v) is 2.83. The molecule has 0 unspecified atom stereocenters. The highest BCUT2D eigenvalue weighted by Gasteiger charge is 2.12. The number of anilines is 2. The van der Waals surface area contributed by atoms with Gasteiger partial charge in [-0.2, -0.15) is 0 Å². The van der Waals surface area contributed by atoms with Gasteiger partial charge in [-0.1, -0.05) is 36.4 Å². The number of hydrogen-bond donors (Lipinski definition) is 2. The zero-order valence-electron chi connectivity index (χ0n) is 14.6. The van der Waals surface area contributed by atoms with Crippen LogP contribution in [0, 0.1) is 0 Å². The van der Waals surface area contributed by atoms with Crippen molar-refractivity contribution < 1.29 is 14.3 Å². The number of morpholine rings is 1. The molecule has 3 rings (SSSR count). The van der Waals surface area contributed by atoms with E-state index in [-0.39, 0.29) is 24.8 Å². The van der Waals surface area contributed by atoms with Crippen molar-refractivity contribution in [3.63, 3.8) is 0 Å². The Morgan fingerprint density at radius 2 is 1.73 bits per heavy atom. The molecular weight excluding hydrogens is 330 g/mol. The summed E-state index contributed by atoms with van der Waals surface area (Å²) in [6.07, 6.45) is 0.265. The van der Waals surface area contributed by atoms with E-state index in [0.29, 0.717) is 13.2 Å². The zero-order valence-corrected chi connectivity index (χ0v) is 14.6. The van der Waals surface area contributed by atoms with Crippen LogP contribution in [0.4, 0.5) is 11.4 Å². The van der Waals surface area contributed by atoms with E-state index in [1.807, 2.05) is 54.6 Å². The Hall–Kier alpha value is -2.86. The van der Waals surface area contributed by atoms with Gasteiger partial charge in [-0.15, -0.1) is 0 Å². The molecule has 136 valence electrons. The number of carbonyl (C=O) groups is 2. The van der Waals surface area contributed by atoms with Gasteiger partial charge in [0.05, 0.1) is 26.2 Å². The molecular formula is C20H23N3O3. The number of ether oxygens (including phenoxy) is 1. The van der Waals surface area contributed by atoms with E-state index in [4.69, 9.17) is 4.74 Å². The fraction of sp³-hybridized carbons (Fsp3) is 0.300. The summed E-state index contributed by atoms with van der Waals surface area (Å²) in [6, 6.07) is 17.2. The summed E-state index contributed by atoms with van der Waals surface area (Å²) in [5.74, 6) is -0.418. The van der Waals surface area contributed by atoms with Crippen molar-refractivity contribution in [2.45, 2.75) is 6.42 Å². The monoisotopic (exact) mass is 353 g/mol. The molecule has 0 bridgehead atoms. The van der Waals surface area contributed by atoms with Crippen molar-refractivity contribution >= 4 is 23.2 Å². The van der Waals surface area contributed by atoms with Crippen molar-refractivity contribution in [3.8, 4) is 0 Å². The molecule has 1 fully saturated rings. The van der Waals surface area contributed by atoms with Crippen molar-refractivity contribution in [2.24, 2.45) is 0 Å². The van der Waals surface area contributed by atoms with Crippen molar-refractivity contribution in [1.82, 2.24) is 5.32 Å². The number of rotatable bonds is 6. The first-order valence-electron chi connectivity index (χ1n) is 8.74. The second kappa shape index (κ2) is 9.01. The minimum Gasteiger partial charge on any atom is -0.378 e. The van der Waals surface area contributed by atoms with Gasteiger partial charge in [0, 0.05) is 24.5 Å². The van der Waals surface area contributed by atoms with E-state index < -0.39 is 0 Å². The highest BCUT2D eigenvalue weighted by molar-refractivity contribution is 5.95. The van der Waals surface area contributed by atoms with Crippen LogP contribution in [0.3, 0.4) is 0 Å². The van der Waals surface area contributed by atoms with E-state index in [9.17, 15) is 9.59 Å². The van der Waals surface area contributed by atoms with Gasteiger partial charge in [0.2, 0.25) is 11.8 Å². The Morgan fingerprint density at radius 1 is 0.962 bits per heavy atom. The van der Waals surface area contributed by atoms with Crippen LogP contribution in [0.2, 0.25) is 0 Å². The van der Waals surface area contributed by atoms with Gasteiger partial charge in [0.25, 0.3) is 0 Å². The summed E-state index contributed by atoms with van der Waals surface area (Å²) in [5.41, 5.74) is 2.69. The number of benzene rings is 2. The SMILES string of the molecule is O=C(Cc1ccccc1)NCC(=O)Nc1cccc(N2CCOCC2)c1. The highest BCUT2D eigenvalue weighted by atomic mass is 16.5. The Balaban J connectivity index is 1.48. The molecule has 2 N–H and O–H groups in total. The average molecular weight is 353 g/mol. The van der Waals surface area contributed by atoms with Gasteiger partial charge >= 0.3 is 0 Å². The van der Waals surface area contributed by atoms with Gasteiger partial charge in [-0.3, -0.25) is 9.59 Å². The first kappa shape index (κ1) is 17.9. The van der Waals surface area contributed by atoms with Crippen molar-refractivity contribution in [3.05, 3.63) is 60.2 Å². The van der Waals surface area contributed by atoms with E-state index >= 15 is 0 Å². The largest absolute Gasteiger partial charge is 0.378 e. The zero-order chi connectivity index (χ0) is 18.2. The molecule has 0 aliphatic carbocycles. The number of amides is 2. The van der Waals surface area contributed by atoms with Crippen molar-refractivity contribution in [2.75, 3.05) is 43.1 Å². The number of carbonyl (C=O) groups excluding carboxylic acids is 2. The Kier molecular flexibility index (Phi) is 6.22. The molecule has 1 aliphatic rings. The normalized spacial score (nSPS) is 13.9. The van der Waals surface area contributed by atoms with Gasteiger partial charge in [0.15, 0.2) is 0 Å². The Morgan fingerprint density at radius 3 is 2.50 bits per heavy atom. The van der Waals surface area contributed by atoms with E-state index in [2.05, 4.69) is 15.5 Å². The summed E-state index contributed by atoms with van der Waals surface area (Å²) < 4.78 is 5.36. The third-order valence-corrected chi connectivity index (χ3v) is 4.16. The van der Waals surface area contributed by atoms with Crippen LogP contribution in [-0.2, 0) is 20.7 Å². The maximum absolute atomic E-state index is 12.1. The lowest BCUT2D eigenvalue weighted by molar-refractivity contribution is -0.123. The lowest BCUT2D eigenvalue weighted by Gasteiger charge is -2.29. The fourth-order valence-electron chi connectivity index (χ4n) is 2.83. The molecule has 0 aromatic heterocycles. The van der Waals surface area contributed by atoms with E-state index in [1.165, 1.54) is 0 Å². The predicted molar refractivity (Wildman–Crippen MR) is 101 cm³/mol. The van der Waals surface area contributed by atoms with Gasteiger partial charge in [0.1, 0.15) is 0 Å². The molecule has 2 amide bonds. The van der Waals surface area contributed by atoms with E-state index in [1.54, 1.807) is 0 Å². The molecule has 2 aromatic carbocycles. The van der Waals surface area contributed by atoms with Gasteiger partial charge < -0.3 is 20.3 Å². The summed E-state index contributed by atoms with van der Waals surface area (Å²) in [5, 5.41) is 5.48. The van der Waals surface area contributed by atoms with Gasteiger partial charge in [-0.05, 0) is 23.8 Å². The summed E-state index contributed by atoms with van der Waals surface area (Å²) >= 11 is 0. The predicted octanol–water partition coefficient (Wildman–Crippen LogP) is 1.82. The van der Waals surface area contributed by atoms with Crippen LogP contribution < -0.4 is 15.5 Å². The molecule has 26 heavy (non-hydrogen) atoms. The van der Waals surface area contributed by atoms with E-state index in [0.717, 1.165) is 30.0 Å². The number of nitrogens with one attached hydrogen (secondary N) is 2. The molecule has 0 saturated carbocycles. The van der Waals surface area contributed by atoms with Crippen LogP contribution >= 0.6 is 0 Å². The molecule has 1 saturated heterocycles. The Labute approximate surface area is 153 Å². The Bertz CT molecular complexity index is 743. The van der Waals surface area contributed by atoms with Crippen LogP contribution in [-0.4, -0.2) is 44.7 Å². The molecule has 2 aromatic rings. The molecule has 6 nitrogen and oxygen atoms in total. The third-order valence-electron chi connectivity index (χ3n) is 4.16. The number of nitrogens with zero attached hydrogens (tertiary/aromatic N) is 1. The summed E-state index contributed by atoms with van der Waals surface area (Å²) in [7, 11) is 0. The highest BCUT2D eigenvalue weighted by Crippen LogP contribution is 2.20. The second-order valence-corrected chi connectivity index (χ2v) is 6.14. The van der Waals surface area contributed by atoms with Gasteiger partial charge in [-0.25, -0.2) is 0 Å². The minimum absolute atomic E-state index is 0.0482. The first-order valence-corrected chi connectivity index (χ1v) is 8.74. The maximum atomic E-state index is 12.1. The van der Waals surface area contributed by atoms with Crippen LogP contribution in [0.15, 0.2) is 54.6 Å². The third kappa shape index (κ3) is 5.32. The molecule has 1 heterocycles. The topological polar surface area (TPSA) is 70.7 Å². The molecule has 0 radical (unpaired) electrons. The maximum Gasteiger partial charge on any atom is 0.243 e. The standard InChI is InChI=1S/C20H23N3O3/c24-19(13-16-5-2-1-3-6-16)21-15-20(25)22-17-7-4-8-18(14-17)23-9-11-26-12-10-23/h1-8,14H,9-13,15H2,(H,21,24)(H,22,25). The van der Waals surface area contributed by atoms with Crippen molar-refractivity contribution in [1.29, 1.82) is 0 Å². The number of hydrogen-bond acceptors (Lipinski definition) is 4. The molecule has 0 atom stereocenters. The quantitative estimate of drug-likeness (QED) is 0.831. The molecule has 1 aliphatic heterocycles. The smallest absolute Gasteiger partial charge is 0.243 e. The second-order valence-electron chi connectivity index (χ2n) is 6.14. The van der Waals surface area contributed by atoms with Crippen LogP contribution in [0.5, 0.6) is 0 Å². The minimum atomic E-state index is -0.245. The van der Waals surface area contributed by atoms with Crippen LogP contribution in [0.1, 0.15) is 5.56 Å². The molecule has 0 spiro atoms. The lowest BCUT2D eigenvalue weighted by atomic mass is 10.1. The van der Waals surface area contributed by atoms with Crippen LogP contribution in [0.25, 0.3) is 0 Å². The summed E-state index contributed by atoms with van der Waals surface area (Å²) in [6.45, 7) is 3.06. The lowest BCUT2D eigenvalue weighted by Crippen LogP contribution is -2.36. The first-order chi connectivity index (χ1) is 12.7. The summed E-state index contributed by atoms with van der Waals surface area (Å²) in [4.78, 5) is 26.2. The molecule has 6 heteroatoms.